The minimum absolute atomic E-state index is 0.0167. The van der Waals surface area contributed by atoms with Crippen LogP contribution >= 0.6 is 11.8 Å². The molecule has 2 aromatic carbocycles. The van der Waals surface area contributed by atoms with Crippen LogP contribution in [0.25, 0.3) is 0 Å². The standard InChI is InChI=1S/C23H24F3N3O2S/c1-15-6-7-16-13-20(32-19(16)12-15)22(31)29-10-8-28(9-11-29)14-21(30)27-18-5-3-2-4-17(18)23(24,25)26/h2-7,12,20H,8-11,13-14H2,1H3,(H,27,30)/t20-/m1/s1. The van der Waals surface area contributed by atoms with Gasteiger partial charge in [-0.15, -0.1) is 11.8 Å². The van der Waals surface area contributed by atoms with Gasteiger partial charge in [0.05, 0.1) is 23.0 Å². The van der Waals surface area contributed by atoms with Crippen LogP contribution in [0.2, 0.25) is 0 Å². The van der Waals surface area contributed by atoms with Crippen molar-refractivity contribution in [2.75, 3.05) is 38.0 Å². The zero-order valence-electron chi connectivity index (χ0n) is 17.6. The number of thioether (sulfide) groups is 1. The normalized spacial score (nSPS) is 19.0. The molecule has 0 radical (unpaired) electrons. The van der Waals surface area contributed by atoms with Crippen LogP contribution in [-0.2, 0) is 22.2 Å². The molecule has 1 atom stereocenters. The average Bonchev–Trinajstić information content (AvgIpc) is 3.16. The van der Waals surface area contributed by atoms with Crippen LogP contribution in [0.4, 0.5) is 18.9 Å². The van der Waals surface area contributed by atoms with Gasteiger partial charge in [0.25, 0.3) is 0 Å². The van der Waals surface area contributed by atoms with Gasteiger partial charge in [-0.1, -0.05) is 29.8 Å². The molecule has 4 rings (SSSR count). The lowest BCUT2D eigenvalue weighted by atomic mass is 10.1. The molecule has 2 aliphatic heterocycles. The molecule has 0 saturated carbocycles. The number of fused-ring (bicyclic) bond motifs is 1. The fourth-order valence-corrected chi connectivity index (χ4v) is 5.41. The monoisotopic (exact) mass is 463 g/mol. The van der Waals surface area contributed by atoms with Crippen molar-refractivity contribution in [1.82, 2.24) is 9.80 Å². The number of amides is 2. The quantitative estimate of drug-likeness (QED) is 0.749. The number of nitrogens with zero attached hydrogens (tertiary/aromatic N) is 2. The molecule has 0 unspecified atom stereocenters. The Bertz CT molecular complexity index is 1020. The highest BCUT2D eigenvalue weighted by molar-refractivity contribution is 8.01. The highest BCUT2D eigenvalue weighted by Crippen LogP contribution is 2.38. The van der Waals surface area contributed by atoms with Crippen molar-refractivity contribution in [3.05, 3.63) is 59.2 Å². The molecule has 0 bridgehead atoms. The highest BCUT2D eigenvalue weighted by Gasteiger charge is 2.35. The lowest BCUT2D eigenvalue weighted by Gasteiger charge is -2.35. The Kier molecular flexibility index (Phi) is 6.48. The number of hydrogen-bond acceptors (Lipinski definition) is 4. The first-order chi connectivity index (χ1) is 15.2. The number of anilines is 1. The third-order valence-corrected chi connectivity index (χ3v) is 7.02. The molecule has 1 N–H and O–H groups in total. The predicted molar refractivity (Wildman–Crippen MR) is 118 cm³/mol. The van der Waals surface area contributed by atoms with Gasteiger partial charge in [-0.3, -0.25) is 14.5 Å². The molecule has 0 spiro atoms. The fraction of sp³-hybridized carbons (Fsp3) is 0.391. The number of piperazine rings is 1. The van der Waals surface area contributed by atoms with Crippen molar-refractivity contribution in [2.45, 2.75) is 29.7 Å². The first kappa shape index (κ1) is 22.7. The van der Waals surface area contributed by atoms with E-state index in [4.69, 9.17) is 0 Å². The van der Waals surface area contributed by atoms with Crippen molar-refractivity contribution in [1.29, 1.82) is 0 Å². The van der Waals surface area contributed by atoms with Crippen LogP contribution in [-0.4, -0.2) is 59.6 Å². The van der Waals surface area contributed by atoms with Crippen molar-refractivity contribution in [3.8, 4) is 0 Å². The molecule has 5 nitrogen and oxygen atoms in total. The number of rotatable bonds is 4. The fourth-order valence-electron chi connectivity index (χ4n) is 4.03. The molecule has 9 heteroatoms. The summed E-state index contributed by atoms with van der Waals surface area (Å²) in [5.41, 5.74) is 1.27. The van der Waals surface area contributed by atoms with E-state index in [2.05, 4.69) is 23.5 Å². The lowest BCUT2D eigenvalue weighted by Crippen LogP contribution is -2.52. The Morgan fingerprint density at radius 3 is 2.53 bits per heavy atom. The predicted octanol–water partition coefficient (Wildman–Crippen LogP) is 3.81. The zero-order chi connectivity index (χ0) is 22.9. The summed E-state index contributed by atoms with van der Waals surface area (Å²) in [6, 6.07) is 11.2. The summed E-state index contributed by atoms with van der Waals surface area (Å²) in [6.07, 6.45) is -3.81. The van der Waals surface area contributed by atoms with E-state index in [9.17, 15) is 22.8 Å². The summed E-state index contributed by atoms with van der Waals surface area (Å²) < 4.78 is 39.3. The van der Waals surface area contributed by atoms with Gasteiger partial charge in [-0.05, 0) is 37.1 Å². The van der Waals surface area contributed by atoms with Crippen molar-refractivity contribution in [2.24, 2.45) is 0 Å². The molecule has 32 heavy (non-hydrogen) atoms. The topological polar surface area (TPSA) is 52.7 Å². The Hall–Kier alpha value is -2.52. The van der Waals surface area contributed by atoms with E-state index in [0.29, 0.717) is 26.2 Å². The van der Waals surface area contributed by atoms with Crippen LogP contribution in [0.1, 0.15) is 16.7 Å². The SMILES string of the molecule is Cc1ccc2c(c1)S[C@@H](C(=O)N1CCN(CC(=O)Nc3ccccc3C(F)(F)F)CC1)C2. The maximum atomic E-state index is 13.1. The van der Waals surface area contributed by atoms with Gasteiger partial charge in [0, 0.05) is 31.1 Å². The van der Waals surface area contributed by atoms with Crippen LogP contribution in [0, 0.1) is 6.92 Å². The number of para-hydroxylation sites is 1. The number of halogens is 3. The Morgan fingerprint density at radius 2 is 1.81 bits per heavy atom. The van der Waals surface area contributed by atoms with E-state index in [1.807, 2.05) is 16.7 Å². The largest absolute Gasteiger partial charge is 0.418 e. The highest BCUT2D eigenvalue weighted by atomic mass is 32.2. The molecule has 0 aliphatic carbocycles. The first-order valence-corrected chi connectivity index (χ1v) is 11.3. The molecule has 1 saturated heterocycles. The number of aryl methyl sites for hydroxylation is 1. The summed E-state index contributed by atoms with van der Waals surface area (Å²) in [4.78, 5) is 30.1. The number of benzene rings is 2. The van der Waals surface area contributed by atoms with E-state index in [-0.39, 0.29) is 23.4 Å². The van der Waals surface area contributed by atoms with Crippen molar-refractivity contribution >= 4 is 29.3 Å². The number of carbonyl (C=O) groups is 2. The third-order valence-electron chi connectivity index (χ3n) is 5.73. The van der Waals surface area contributed by atoms with Crippen LogP contribution < -0.4 is 5.32 Å². The molecule has 2 heterocycles. The van der Waals surface area contributed by atoms with Crippen LogP contribution in [0.5, 0.6) is 0 Å². The third kappa shape index (κ3) is 5.10. The number of carbonyl (C=O) groups excluding carboxylic acids is 2. The maximum Gasteiger partial charge on any atom is 0.418 e. The number of hydrogen-bond donors (Lipinski definition) is 1. The molecule has 2 amide bonds. The van der Waals surface area contributed by atoms with Gasteiger partial charge in [0.1, 0.15) is 0 Å². The van der Waals surface area contributed by atoms with E-state index in [1.165, 1.54) is 29.3 Å². The van der Waals surface area contributed by atoms with Gasteiger partial charge in [-0.25, -0.2) is 0 Å². The molecule has 2 aromatic rings. The van der Waals surface area contributed by atoms with Crippen molar-refractivity contribution < 1.29 is 22.8 Å². The van der Waals surface area contributed by atoms with Gasteiger partial charge in [0.2, 0.25) is 11.8 Å². The minimum atomic E-state index is -4.54. The second kappa shape index (κ2) is 9.15. The second-order valence-corrected chi connectivity index (χ2v) is 9.36. The van der Waals surface area contributed by atoms with E-state index in [1.54, 1.807) is 11.8 Å². The van der Waals surface area contributed by atoms with E-state index >= 15 is 0 Å². The summed E-state index contributed by atoms with van der Waals surface area (Å²) in [5.74, 6) is -0.397. The number of nitrogens with one attached hydrogen (secondary N) is 1. The maximum absolute atomic E-state index is 13.1. The summed E-state index contributed by atoms with van der Waals surface area (Å²) in [7, 11) is 0. The Labute approximate surface area is 189 Å². The summed E-state index contributed by atoms with van der Waals surface area (Å²) in [5, 5.41) is 2.25. The van der Waals surface area contributed by atoms with Crippen LogP contribution in [0.15, 0.2) is 47.4 Å². The van der Waals surface area contributed by atoms with Gasteiger partial charge in [0.15, 0.2) is 0 Å². The number of alkyl halides is 3. The van der Waals surface area contributed by atoms with E-state index in [0.717, 1.165) is 17.4 Å². The Balaban J connectivity index is 1.27. The average molecular weight is 464 g/mol. The molecule has 0 aromatic heterocycles. The van der Waals surface area contributed by atoms with Crippen LogP contribution in [0.3, 0.4) is 0 Å². The van der Waals surface area contributed by atoms with Gasteiger partial charge >= 0.3 is 6.18 Å². The molecular weight excluding hydrogens is 439 g/mol. The first-order valence-electron chi connectivity index (χ1n) is 10.4. The molecule has 1 fully saturated rings. The lowest BCUT2D eigenvalue weighted by molar-refractivity contribution is -0.137. The molecule has 170 valence electrons. The minimum Gasteiger partial charge on any atom is -0.339 e. The van der Waals surface area contributed by atoms with Gasteiger partial charge in [-0.2, -0.15) is 13.2 Å². The summed E-state index contributed by atoms with van der Waals surface area (Å²) in [6.45, 7) is 4.02. The van der Waals surface area contributed by atoms with Crippen molar-refractivity contribution in [3.63, 3.8) is 0 Å². The second-order valence-electron chi connectivity index (χ2n) is 8.11. The van der Waals surface area contributed by atoms with E-state index < -0.39 is 17.6 Å². The smallest absolute Gasteiger partial charge is 0.339 e. The molecular formula is C23H24F3N3O2S. The zero-order valence-corrected chi connectivity index (χ0v) is 18.4. The Morgan fingerprint density at radius 1 is 1.09 bits per heavy atom. The van der Waals surface area contributed by atoms with Gasteiger partial charge < -0.3 is 10.2 Å². The summed E-state index contributed by atoms with van der Waals surface area (Å²) >= 11 is 1.61. The molecule has 2 aliphatic rings.